The van der Waals surface area contributed by atoms with Gasteiger partial charge in [0.15, 0.2) is 5.84 Å². The molecule has 0 radical (unpaired) electrons. The first-order chi connectivity index (χ1) is 17.3. The van der Waals surface area contributed by atoms with Crippen molar-refractivity contribution in [3.05, 3.63) is 77.6 Å². The van der Waals surface area contributed by atoms with E-state index in [0.29, 0.717) is 37.7 Å². The molecule has 1 aromatic heterocycles. The molecule has 0 spiro atoms. The number of rotatable bonds is 3. The van der Waals surface area contributed by atoms with E-state index in [1.807, 2.05) is 84.8 Å². The molecular formula is C29H33N5O2. The van der Waals surface area contributed by atoms with Gasteiger partial charge in [-0.05, 0) is 50.0 Å². The van der Waals surface area contributed by atoms with Crippen molar-refractivity contribution in [1.82, 2.24) is 19.7 Å². The van der Waals surface area contributed by atoms with Gasteiger partial charge in [0.1, 0.15) is 5.69 Å². The van der Waals surface area contributed by atoms with Crippen molar-refractivity contribution in [1.29, 1.82) is 0 Å². The number of aromatic nitrogens is 1. The number of amides is 2. The monoisotopic (exact) mass is 483 g/mol. The maximum absolute atomic E-state index is 13.7. The molecule has 36 heavy (non-hydrogen) atoms. The van der Waals surface area contributed by atoms with E-state index in [2.05, 4.69) is 28.5 Å². The zero-order chi connectivity index (χ0) is 25.4. The van der Waals surface area contributed by atoms with Gasteiger partial charge in [-0.1, -0.05) is 48.5 Å². The maximum Gasteiger partial charge on any atom is 0.289 e. The molecular weight excluding hydrogens is 450 g/mol. The number of carbonyl (C=O) groups excluding carboxylic acids is 2. The van der Waals surface area contributed by atoms with Crippen LogP contribution < -0.4 is 5.32 Å². The van der Waals surface area contributed by atoms with Gasteiger partial charge in [0.2, 0.25) is 0 Å². The Labute approximate surface area is 212 Å². The number of hydrogen-bond donors (Lipinski definition) is 1. The Hall–Kier alpha value is -3.87. The van der Waals surface area contributed by atoms with Crippen LogP contribution in [0.2, 0.25) is 0 Å². The lowest BCUT2D eigenvalue weighted by Crippen LogP contribution is -2.64. The average molecular weight is 484 g/mol. The van der Waals surface area contributed by atoms with Crippen molar-refractivity contribution in [3.63, 3.8) is 0 Å². The summed E-state index contributed by atoms with van der Waals surface area (Å²) < 4.78 is 1.98. The minimum Gasteiger partial charge on any atom is -0.342 e. The van der Waals surface area contributed by atoms with Gasteiger partial charge in [0.05, 0.1) is 5.54 Å². The van der Waals surface area contributed by atoms with Crippen molar-refractivity contribution in [3.8, 4) is 0 Å². The molecule has 1 N–H and O–H groups in total. The Morgan fingerprint density at radius 1 is 0.972 bits per heavy atom. The second-order valence-electron chi connectivity index (χ2n) is 10.2. The highest BCUT2D eigenvalue weighted by atomic mass is 16.2. The minimum absolute atomic E-state index is 0.00624. The van der Waals surface area contributed by atoms with E-state index in [0.717, 1.165) is 34.0 Å². The van der Waals surface area contributed by atoms with Gasteiger partial charge in [0, 0.05) is 50.3 Å². The summed E-state index contributed by atoms with van der Waals surface area (Å²) in [7, 11) is 1.95. The molecule has 0 atom stereocenters. The van der Waals surface area contributed by atoms with Crippen LogP contribution in [0.1, 0.15) is 41.9 Å². The first kappa shape index (κ1) is 23.9. The van der Waals surface area contributed by atoms with Gasteiger partial charge >= 0.3 is 0 Å². The van der Waals surface area contributed by atoms with E-state index in [1.165, 1.54) is 0 Å². The van der Waals surface area contributed by atoms with Crippen LogP contribution in [0.15, 0.2) is 65.8 Å². The third-order valence-electron chi connectivity index (χ3n) is 7.38. The van der Waals surface area contributed by atoms with Gasteiger partial charge in [-0.15, -0.1) is 0 Å². The van der Waals surface area contributed by atoms with Crippen LogP contribution in [-0.2, 0) is 11.8 Å². The highest BCUT2D eigenvalue weighted by Gasteiger charge is 2.40. The summed E-state index contributed by atoms with van der Waals surface area (Å²) in [6.07, 6.45) is 2.67. The van der Waals surface area contributed by atoms with E-state index in [9.17, 15) is 9.59 Å². The first-order valence-corrected chi connectivity index (χ1v) is 12.5. The number of nitrogens with zero attached hydrogens (tertiary/aromatic N) is 4. The lowest BCUT2D eigenvalue weighted by atomic mass is 9.97. The molecule has 1 fully saturated rings. The number of piperazine rings is 1. The Kier molecular flexibility index (Phi) is 6.16. The van der Waals surface area contributed by atoms with Gasteiger partial charge in [-0.25, -0.2) is 0 Å². The van der Waals surface area contributed by atoms with E-state index >= 15 is 0 Å². The second kappa shape index (κ2) is 9.30. The van der Waals surface area contributed by atoms with Crippen LogP contribution in [0.3, 0.4) is 0 Å². The third-order valence-corrected chi connectivity index (χ3v) is 7.38. The number of aliphatic imine (C=N–C) groups is 1. The van der Waals surface area contributed by atoms with Gasteiger partial charge < -0.3 is 19.7 Å². The van der Waals surface area contributed by atoms with Crippen LogP contribution in [0, 0.1) is 6.92 Å². The third kappa shape index (κ3) is 4.19. The fourth-order valence-corrected chi connectivity index (χ4v) is 5.44. The van der Waals surface area contributed by atoms with E-state index < -0.39 is 5.54 Å². The fraction of sp³-hybridized carbons (Fsp3) is 0.345. The smallest absolute Gasteiger partial charge is 0.289 e. The number of amidine groups is 1. The number of benzene rings is 2. The zero-order valence-electron chi connectivity index (χ0n) is 21.4. The van der Waals surface area contributed by atoms with Crippen LogP contribution >= 0.6 is 0 Å². The van der Waals surface area contributed by atoms with Gasteiger partial charge in [-0.3, -0.25) is 14.6 Å². The van der Waals surface area contributed by atoms with Crippen LogP contribution in [-0.4, -0.2) is 63.7 Å². The molecule has 0 saturated carbocycles. The normalized spacial score (nSPS) is 17.8. The van der Waals surface area contributed by atoms with Crippen molar-refractivity contribution in [2.45, 2.75) is 32.7 Å². The Balaban J connectivity index is 1.32. The molecule has 2 aliphatic heterocycles. The minimum atomic E-state index is -0.536. The van der Waals surface area contributed by atoms with Crippen LogP contribution in [0.4, 0.5) is 0 Å². The Bertz CT molecular complexity index is 1340. The predicted molar refractivity (Wildman–Crippen MR) is 144 cm³/mol. The summed E-state index contributed by atoms with van der Waals surface area (Å²) >= 11 is 0. The van der Waals surface area contributed by atoms with E-state index in [1.54, 1.807) is 0 Å². The highest BCUT2D eigenvalue weighted by Crippen LogP contribution is 2.28. The quantitative estimate of drug-likeness (QED) is 0.613. The van der Waals surface area contributed by atoms with Crippen molar-refractivity contribution in [2.75, 3.05) is 26.2 Å². The predicted octanol–water partition coefficient (Wildman–Crippen LogP) is 3.98. The summed E-state index contributed by atoms with van der Waals surface area (Å²) in [4.78, 5) is 35.5. The van der Waals surface area contributed by atoms with E-state index in [4.69, 9.17) is 0 Å². The van der Waals surface area contributed by atoms with Crippen molar-refractivity contribution in [2.24, 2.45) is 12.0 Å². The number of nitrogens with one attached hydrogen (secondary N) is 1. The molecule has 1 saturated heterocycles. The van der Waals surface area contributed by atoms with Gasteiger partial charge in [0.25, 0.3) is 11.8 Å². The summed E-state index contributed by atoms with van der Waals surface area (Å²) in [5, 5.41) is 4.26. The SMILES string of the molecule is Cc1c(C(=O)N2CCN(C(=O)C3=NCCC(c4ccccc4)=CN3)C(C)(C)C2)n(C)c2ccccc12. The summed E-state index contributed by atoms with van der Waals surface area (Å²) in [5.41, 5.74) is 4.47. The lowest BCUT2D eigenvalue weighted by Gasteiger charge is -2.47. The molecule has 2 aliphatic rings. The molecule has 3 heterocycles. The molecule has 5 rings (SSSR count). The Morgan fingerprint density at radius 2 is 1.69 bits per heavy atom. The molecule has 2 amide bonds. The fourth-order valence-electron chi connectivity index (χ4n) is 5.44. The standard InChI is InChI=1S/C29H33N5O2/c1-20-23-12-8-9-13-24(23)32(4)25(20)27(35)33-16-17-34(29(2,3)19-33)28(36)26-30-15-14-22(18-31-26)21-10-6-5-7-11-21/h5-13,18H,14-17,19H2,1-4H3,(H,30,31). The van der Waals surface area contributed by atoms with Crippen LogP contribution in [0.5, 0.6) is 0 Å². The summed E-state index contributed by atoms with van der Waals surface area (Å²) in [6, 6.07) is 18.2. The molecule has 7 nitrogen and oxygen atoms in total. The lowest BCUT2D eigenvalue weighted by molar-refractivity contribution is -0.132. The zero-order valence-corrected chi connectivity index (χ0v) is 21.4. The summed E-state index contributed by atoms with van der Waals surface area (Å²) in [5.74, 6) is 0.239. The summed E-state index contributed by atoms with van der Waals surface area (Å²) in [6.45, 7) is 7.98. The Morgan fingerprint density at radius 3 is 2.42 bits per heavy atom. The molecule has 3 aromatic rings. The molecule has 186 valence electrons. The number of para-hydroxylation sites is 1. The second-order valence-corrected chi connectivity index (χ2v) is 10.2. The molecule has 0 unspecified atom stereocenters. The highest BCUT2D eigenvalue weighted by molar-refractivity contribution is 6.38. The first-order valence-electron chi connectivity index (χ1n) is 12.5. The average Bonchev–Trinajstić information content (AvgIpc) is 3.03. The van der Waals surface area contributed by atoms with Crippen LogP contribution in [0.25, 0.3) is 16.5 Å². The number of carbonyl (C=O) groups is 2. The largest absolute Gasteiger partial charge is 0.342 e. The molecule has 0 aliphatic carbocycles. The topological polar surface area (TPSA) is 69.9 Å². The van der Waals surface area contributed by atoms with Gasteiger partial charge in [-0.2, -0.15) is 0 Å². The van der Waals surface area contributed by atoms with Crippen molar-refractivity contribution >= 4 is 34.1 Å². The maximum atomic E-state index is 13.7. The van der Waals surface area contributed by atoms with Crippen molar-refractivity contribution < 1.29 is 9.59 Å². The number of fused-ring (bicyclic) bond motifs is 1. The molecule has 0 bridgehead atoms. The molecule has 2 aromatic carbocycles. The number of hydrogen-bond acceptors (Lipinski definition) is 4. The number of aryl methyl sites for hydroxylation is 2. The molecule has 7 heteroatoms. The van der Waals surface area contributed by atoms with E-state index in [-0.39, 0.29) is 11.8 Å².